The maximum Gasteiger partial charge on any atom is 0.316 e. The molecule has 72 valence electrons. The highest BCUT2D eigenvalue weighted by Crippen LogP contribution is 2.30. The lowest BCUT2D eigenvalue weighted by Gasteiger charge is -2.25. The van der Waals surface area contributed by atoms with Crippen LogP contribution in [0.4, 0.5) is 8.78 Å². The van der Waals surface area contributed by atoms with Gasteiger partial charge in [0.1, 0.15) is 5.41 Å². The van der Waals surface area contributed by atoms with Crippen molar-refractivity contribution in [2.75, 3.05) is 6.54 Å². The van der Waals surface area contributed by atoms with E-state index in [4.69, 9.17) is 10.8 Å². The van der Waals surface area contributed by atoms with E-state index in [0.29, 0.717) is 6.42 Å². The van der Waals surface area contributed by atoms with E-state index >= 15 is 0 Å². The van der Waals surface area contributed by atoms with Crippen molar-refractivity contribution >= 4 is 5.97 Å². The zero-order valence-corrected chi connectivity index (χ0v) is 6.89. The first-order chi connectivity index (χ1) is 5.51. The van der Waals surface area contributed by atoms with Crippen LogP contribution in [0.3, 0.4) is 0 Å². The van der Waals surface area contributed by atoms with E-state index in [9.17, 15) is 13.6 Å². The summed E-state index contributed by atoms with van der Waals surface area (Å²) in [7, 11) is 0. The zero-order chi connectivity index (χ0) is 9.78. The van der Waals surface area contributed by atoms with Gasteiger partial charge in [0, 0.05) is 6.54 Å². The van der Waals surface area contributed by atoms with E-state index in [1.807, 2.05) is 0 Å². The van der Waals surface area contributed by atoms with Gasteiger partial charge in [-0.25, -0.2) is 8.78 Å². The summed E-state index contributed by atoms with van der Waals surface area (Å²) in [6.07, 6.45) is -2.61. The third kappa shape index (κ3) is 1.91. The van der Waals surface area contributed by atoms with Crippen LogP contribution in [-0.4, -0.2) is 24.0 Å². The Morgan fingerprint density at radius 1 is 1.67 bits per heavy atom. The first kappa shape index (κ1) is 11.3. The highest BCUT2D eigenvalue weighted by atomic mass is 19.3. The second-order valence-electron chi connectivity index (χ2n) is 2.72. The lowest BCUT2D eigenvalue weighted by molar-refractivity contribution is -0.159. The number of aliphatic carboxylic acids is 1. The van der Waals surface area contributed by atoms with Crippen LogP contribution in [0.25, 0.3) is 0 Å². The monoisotopic (exact) mass is 181 g/mol. The fourth-order valence-corrected chi connectivity index (χ4v) is 1.03. The van der Waals surface area contributed by atoms with E-state index in [2.05, 4.69) is 0 Å². The summed E-state index contributed by atoms with van der Waals surface area (Å²) in [4.78, 5) is 10.5. The molecule has 3 N–H and O–H groups in total. The molecule has 0 heterocycles. The fourth-order valence-electron chi connectivity index (χ4n) is 1.03. The number of alkyl halides is 2. The van der Waals surface area contributed by atoms with Crippen molar-refractivity contribution in [3.05, 3.63) is 0 Å². The molecule has 0 aliphatic heterocycles. The Kier molecular flexibility index (Phi) is 4.09. The number of halogens is 2. The van der Waals surface area contributed by atoms with Gasteiger partial charge in [-0.2, -0.15) is 0 Å². The number of carboxylic acids is 1. The molecule has 0 radical (unpaired) electrons. The predicted octanol–water partition coefficient (Wildman–Crippen LogP) is 1.08. The molecule has 0 spiro atoms. The topological polar surface area (TPSA) is 63.3 Å². The van der Waals surface area contributed by atoms with Gasteiger partial charge in [0.15, 0.2) is 0 Å². The second kappa shape index (κ2) is 4.35. The van der Waals surface area contributed by atoms with Gasteiger partial charge in [-0.1, -0.05) is 13.3 Å². The number of hydrogen-bond acceptors (Lipinski definition) is 2. The molecular weight excluding hydrogens is 168 g/mol. The molecular formula is C7H13F2NO2. The summed E-state index contributed by atoms with van der Waals surface area (Å²) in [5.41, 5.74) is 2.99. The summed E-state index contributed by atoms with van der Waals surface area (Å²) in [5, 5.41) is 8.57. The average Bonchev–Trinajstić information content (AvgIpc) is 1.98. The van der Waals surface area contributed by atoms with Gasteiger partial charge < -0.3 is 10.8 Å². The predicted molar refractivity (Wildman–Crippen MR) is 40.0 cm³/mol. The Morgan fingerprint density at radius 3 is 2.25 bits per heavy atom. The van der Waals surface area contributed by atoms with Gasteiger partial charge in [-0.15, -0.1) is 0 Å². The third-order valence-electron chi connectivity index (χ3n) is 1.90. The molecule has 0 aromatic rings. The summed E-state index contributed by atoms with van der Waals surface area (Å²) in [6, 6.07) is 0. The van der Waals surface area contributed by atoms with Crippen LogP contribution >= 0.6 is 0 Å². The first-order valence-electron chi connectivity index (χ1n) is 3.73. The zero-order valence-electron chi connectivity index (χ0n) is 6.89. The summed E-state index contributed by atoms with van der Waals surface area (Å²) >= 11 is 0. The molecule has 3 nitrogen and oxygen atoms in total. The number of hydrogen-bond donors (Lipinski definition) is 2. The van der Waals surface area contributed by atoms with Gasteiger partial charge in [-0.3, -0.25) is 4.79 Å². The van der Waals surface area contributed by atoms with Crippen molar-refractivity contribution in [1.29, 1.82) is 0 Å². The molecule has 0 fully saturated rings. The molecule has 0 bridgehead atoms. The first-order valence-corrected chi connectivity index (χ1v) is 3.73. The van der Waals surface area contributed by atoms with Crippen LogP contribution in [0.5, 0.6) is 0 Å². The molecule has 0 saturated heterocycles. The number of rotatable bonds is 5. The Labute approximate surface area is 69.6 Å². The maximum atomic E-state index is 12.3. The molecule has 0 rings (SSSR count). The largest absolute Gasteiger partial charge is 0.481 e. The van der Waals surface area contributed by atoms with Crippen molar-refractivity contribution in [2.24, 2.45) is 11.1 Å². The van der Waals surface area contributed by atoms with Crippen LogP contribution in [0.1, 0.15) is 19.8 Å². The van der Waals surface area contributed by atoms with Gasteiger partial charge in [0.2, 0.25) is 0 Å². The lowest BCUT2D eigenvalue weighted by Crippen LogP contribution is -2.44. The molecule has 0 aliphatic rings. The number of carboxylic acid groups (broad SMARTS) is 1. The lowest BCUT2D eigenvalue weighted by atomic mass is 9.84. The molecule has 0 saturated carbocycles. The SMILES string of the molecule is CCCC(CN)(C(=O)O)C(F)F. The van der Waals surface area contributed by atoms with Crippen LogP contribution in [-0.2, 0) is 4.79 Å². The number of carbonyl (C=O) groups is 1. The quantitative estimate of drug-likeness (QED) is 0.667. The van der Waals surface area contributed by atoms with Crippen LogP contribution in [0.15, 0.2) is 0 Å². The van der Waals surface area contributed by atoms with E-state index in [1.165, 1.54) is 0 Å². The van der Waals surface area contributed by atoms with E-state index in [1.54, 1.807) is 6.92 Å². The van der Waals surface area contributed by atoms with E-state index < -0.39 is 24.4 Å². The molecule has 0 aliphatic carbocycles. The van der Waals surface area contributed by atoms with Gasteiger partial charge in [0.25, 0.3) is 6.43 Å². The van der Waals surface area contributed by atoms with Gasteiger partial charge in [0.05, 0.1) is 0 Å². The Bertz CT molecular complexity index is 163. The standard InChI is InChI=1S/C7H13F2NO2/c1-2-3-7(4-10,5(8)9)6(11)12/h5H,2-4,10H2,1H3,(H,11,12). The van der Waals surface area contributed by atoms with Crippen LogP contribution in [0.2, 0.25) is 0 Å². The normalized spacial score (nSPS) is 16.1. The second-order valence-corrected chi connectivity index (χ2v) is 2.72. The maximum absolute atomic E-state index is 12.3. The Morgan fingerprint density at radius 2 is 2.17 bits per heavy atom. The Hall–Kier alpha value is -0.710. The van der Waals surface area contributed by atoms with Crippen molar-refractivity contribution in [1.82, 2.24) is 0 Å². The minimum atomic E-state index is -2.90. The molecule has 0 amide bonds. The Balaban J connectivity index is 4.63. The van der Waals surface area contributed by atoms with Gasteiger partial charge >= 0.3 is 5.97 Å². The van der Waals surface area contributed by atoms with Crippen molar-refractivity contribution in [2.45, 2.75) is 26.2 Å². The molecule has 5 heteroatoms. The summed E-state index contributed by atoms with van der Waals surface area (Å²) in [5.74, 6) is -1.51. The molecule has 0 aromatic carbocycles. The summed E-state index contributed by atoms with van der Waals surface area (Å²) in [6.45, 7) is 1.13. The van der Waals surface area contributed by atoms with Crippen molar-refractivity contribution in [3.63, 3.8) is 0 Å². The van der Waals surface area contributed by atoms with Gasteiger partial charge in [-0.05, 0) is 6.42 Å². The van der Waals surface area contributed by atoms with Crippen molar-refractivity contribution < 1.29 is 18.7 Å². The highest BCUT2D eigenvalue weighted by Gasteiger charge is 2.45. The molecule has 1 unspecified atom stereocenters. The molecule has 1 atom stereocenters. The molecule has 12 heavy (non-hydrogen) atoms. The summed E-state index contributed by atoms with van der Waals surface area (Å²) < 4.78 is 24.7. The smallest absolute Gasteiger partial charge is 0.316 e. The highest BCUT2D eigenvalue weighted by molar-refractivity contribution is 5.75. The minimum Gasteiger partial charge on any atom is -0.481 e. The van der Waals surface area contributed by atoms with Crippen LogP contribution < -0.4 is 5.73 Å². The van der Waals surface area contributed by atoms with E-state index in [-0.39, 0.29) is 6.42 Å². The minimum absolute atomic E-state index is 0.0868. The van der Waals surface area contributed by atoms with Crippen molar-refractivity contribution in [3.8, 4) is 0 Å². The molecule has 0 aromatic heterocycles. The van der Waals surface area contributed by atoms with E-state index in [0.717, 1.165) is 0 Å². The number of nitrogens with two attached hydrogens (primary N) is 1. The third-order valence-corrected chi connectivity index (χ3v) is 1.90. The fraction of sp³-hybridized carbons (Fsp3) is 0.857. The van der Waals surface area contributed by atoms with Crippen LogP contribution in [0, 0.1) is 5.41 Å². The average molecular weight is 181 g/mol.